The molecule has 0 saturated heterocycles. The fourth-order valence-corrected chi connectivity index (χ4v) is 3.80. The van der Waals surface area contributed by atoms with Crippen LogP contribution in [0.1, 0.15) is 36.5 Å². The topological polar surface area (TPSA) is 76.0 Å². The molecule has 0 saturated carbocycles. The van der Waals surface area contributed by atoms with Crippen LogP contribution >= 0.6 is 0 Å². The second kappa shape index (κ2) is 9.35. The standard InChI is InChI=1S/C25H25NO4/c1-16-9-7-13-20(15-16)23-21(24(27)28)17(2)26-18(3)22(23)25(29)30-14-8-12-19-10-5-4-6-11-19/h4-13,15,21,23H,14H2,1-3H3,(H,27,28). The third-order valence-electron chi connectivity index (χ3n) is 5.14. The van der Waals surface area contributed by atoms with Gasteiger partial charge in [0, 0.05) is 17.3 Å². The van der Waals surface area contributed by atoms with E-state index >= 15 is 0 Å². The van der Waals surface area contributed by atoms with Crippen LogP contribution in [-0.4, -0.2) is 29.4 Å². The highest BCUT2D eigenvalue weighted by atomic mass is 16.5. The minimum Gasteiger partial charge on any atom is -0.481 e. The van der Waals surface area contributed by atoms with Gasteiger partial charge in [-0.3, -0.25) is 9.79 Å². The van der Waals surface area contributed by atoms with Crippen LogP contribution in [0.15, 0.2) is 76.9 Å². The van der Waals surface area contributed by atoms with Gasteiger partial charge in [-0.1, -0.05) is 66.2 Å². The van der Waals surface area contributed by atoms with Crippen molar-refractivity contribution in [1.82, 2.24) is 0 Å². The van der Waals surface area contributed by atoms with E-state index in [1.807, 2.05) is 67.6 Å². The quantitative estimate of drug-likeness (QED) is 0.704. The molecular weight excluding hydrogens is 378 g/mol. The molecule has 0 spiro atoms. The minimum absolute atomic E-state index is 0.0888. The van der Waals surface area contributed by atoms with E-state index in [9.17, 15) is 14.7 Å². The van der Waals surface area contributed by atoms with Gasteiger partial charge in [-0.05, 0) is 38.0 Å². The molecule has 5 heteroatoms. The second-order valence-electron chi connectivity index (χ2n) is 7.37. The molecule has 5 nitrogen and oxygen atoms in total. The van der Waals surface area contributed by atoms with Crippen LogP contribution in [0.3, 0.4) is 0 Å². The summed E-state index contributed by atoms with van der Waals surface area (Å²) in [7, 11) is 0. The molecule has 0 aliphatic carbocycles. The zero-order valence-electron chi connectivity index (χ0n) is 17.3. The summed E-state index contributed by atoms with van der Waals surface area (Å²) in [6.07, 6.45) is 3.63. The van der Waals surface area contributed by atoms with Gasteiger partial charge in [-0.15, -0.1) is 0 Å². The van der Waals surface area contributed by atoms with Crippen molar-refractivity contribution in [2.24, 2.45) is 10.9 Å². The summed E-state index contributed by atoms with van der Waals surface area (Å²) >= 11 is 0. The van der Waals surface area contributed by atoms with E-state index in [1.165, 1.54) is 0 Å². The number of rotatable bonds is 6. The van der Waals surface area contributed by atoms with Crippen molar-refractivity contribution in [2.75, 3.05) is 6.61 Å². The maximum Gasteiger partial charge on any atom is 0.336 e. The number of hydrogen-bond acceptors (Lipinski definition) is 4. The number of carboxylic acids is 1. The highest BCUT2D eigenvalue weighted by Crippen LogP contribution is 2.39. The van der Waals surface area contributed by atoms with Crippen LogP contribution in [0.2, 0.25) is 0 Å². The summed E-state index contributed by atoms with van der Waals surface area (Å²) in [6.45, 7) is 5.44. The summed E-state index contributed by atoms with van der Waals surface area (Å²) in [6, 6.07) is 17.3. The predicted octanol–water partition coefficient (Wildman–Crippen LogP) is 4.78. The molecule has 3 rings (SSSR count). The molecule has 0 aromatic heterocycles. The Morgan fingerprint density at radius 2 is 1.80 bits per heavy atom. The maximum absolute atomic E-state index is 13.0. The van der Waals surface area contributed by atoms with Crippen LogP contribution in [-0.2, 0) is 14.3 Å². The molecule has 1 aliphatic rings. The van der Waals surface area contributed by atoms with Crippen LogP contribution in [0.5, 0.6) is 0 Å². The van der Waals surface area contributed by atoms with Gasteiger partial charge in [0.05, 0.1) is 5.57 Å². The lowest BCUT2D eigenvalue weighted by Crippen LogP contribution is -2.35. The Morgan fingerprint density at radius 1 is 1.07 bits per heavy atom. The van der Waals surface area contributed by atoms with Crippen molar-refractivity contribution in [3.8, 4) is 0 Å². The number of esters is 1. The average Bonchev–Trinajstić information content (AvgIpc) is 2.71. The predicted molar refractivity (Wildman–Crippen MR) is 117 cm³/mol. The van der Waals surface area contributed by atoms with Gasteiger partial charge in [-0.25, -0.2) is 4.79 Å². The highest BCUT2D eigenvalue weighted by molar-refractivity contribution is 6.06. The summed E-state index contributed by atoms with van der Waals surface area (Å²) in [5.74, 6) is -3.12. The van der Waals surface area contributed by atoms with Gasteiger partial charge in [0.15, 0.2) is 0 Å². The van der Waals surface area contributed by atoms with Gasteiger partial charge in [0.2, 0.25) is 0 Å². The van der Waals surface area contributed by atoms with Crippen molar-refractivity contribution in [2.45, 2.75) is 26.7 Å². The summed E-state index contributed by atoms with van der Waals surface area (Å²) in [5.41, 5.74) is 4.04. The van der Waals surface area contributed by atoms with Gasteiger partial charge < -0.3 is 9.84 Å². The molecule has 0 fully saturated rings. The zero-order valence-corrected chi connectivity index (χ0v) is 17.3. The first kappa shape index (κ1) is 21.2. The molecule has 2 unspecified atom stereocenters. The Kier molecular flexibility index (Phi) is 6.62. The molecule has 0 amide bonds. The molecule has 1 N–H and O–H groups in total. The Balaban J connectivity index is 1.88. The molecule has 2 aromatic carbocycles. The van der Waals surface area contributed by atoms with Gasteiger partial charge >= 0.3 is 11.9 Å². The number of ether oxygens (including phenoxy) is 1. The molecule has 30 heavy (non-hydrogen) atoms. The van der Waals surface area contributed by atoms with E-state index < -0.39 is 23.8 Å². The smallest absolute Gasteiger partial charge is 0.336 e. The Bertz CT molecular complexity index is 1030. The monoisotopic (exact) mass is 403 g/mol. The minimum atomic E-state index is -1.01. The maximum atomic E-state index is 13.0. The van der Waals surface area contributed by atoms with Gasteiger partial charge in [-0.2, -0.15) is 0 Å². The first-order chi connectivity index (χ1) is 14.4. The zero-order chi connectivity index (χ0) is 21.7. The van der Waals surface area contributed by atoms with Crippen LogP contribution in [0.25, 0.3) is 6.08 Å². The average molecular weight is 403 g/mol. The fourth-order valence-electron chi connectivity index (χ4n) is 3.80. The van der Waals surface area contributed by atoms with Crippen molar-refractivity contribution in [3.05, 3.63) is 88.6 Å². The molecule has 1 heterocycles. The summed E-state index contributed by atoms with van der Waals surface area (Å²) < 4.78 is 5.47. The number of carboxylic acid groups (broad SMARTS) is 1. The molecule has 2 aromatic rings. The highest BCUT2D eigenvalue weighted by Gasteiger charge is 2.41. The molecule has 0 bridgehead atoms. The Hall–Kier alpha value is -3.47. The summed E-state index contributed by atoms with van der Waals surface area (Å²) in [4.78, 5) is 29.4. The van der Waals surface area contributed by atoms with Crippen molar-refractivity contribution < 1.29 is 19.4 Å². The number of aliphatic imine (C=N–C) groups is 1. The normalized spacial score (nSPS) is 19.0. The lowest BCUT2D eigenvalue weighted by molar-refractivity contribution is -0.140. The second-order valence-corrected chi connectivity index (χ2v) is 7.37. The van der Waals surface area contributed by atoms with Crippen molar-refractivity contribution in [1.29, 1.82) is 0 Å². The van der Waals surface area contributed by atoms with Crippen LogP contribution in [0.4, 0.5) is 0 Å². The third-order valence-corrected chi connectivity index (χ3v) is 5.14. The fraction of sp³-hybridized carbons (Fsp3) is 0.240. The van der Waals surface area contributed by atoms with E-state index in [0.717, 1.165) is 16.7 Å². The molecule has 2 atom stereocenters. The number of nitrogens with zero attached hydrogens (tertiary/aromatic N) is 1. The number of benzene rings is 2. The third kappa shape index (κ3) is 4.74. The van der Waals surface area contributed by atoms with Gasteiger partial charge in [0.1, 0.15) is 12.5 Å². The number of carbonyl (C=O) groups is 2. The van der Waals surface area contributed by atoms with E-state index in [4.69, 9.17) is 4.74 Å². The Morgan fingerprint density at radius 3 is 2.47 bits per heavy atom. The van der Waals surface area contributed by atoms with Crippen molar-refractivity contribution >= 4 is 23.7 Å². The number of allylic oxidation sites excluding steroid dienone is 1. The number of hydrogen-bond donors (Lipinski definition) is 1. The van der Waals surface area contributed by atoms with Crippen molar-refractivity contribution in [3.63, 3.8) is 0 Å². The van der Waals surface area contributed by atoms with Gasteiger partial charge in [0.25, 0.3) is 0 Å². The van der Waals surface area contributed by atoms with E-state index in [2.05, 4.69) is 4.99 Å². The summed E-state index contributed by atoms with van der Waals surface area (Å²) in [5, 5.41) is 9.87. The Labute approximate surface area is 176 Å². The molecule has 154 valence electrons. The largest absolute Gasteiger partial charge is 0.481 e. The van der Waals surface area contributed by atoms with Crippen LogP contribution < -0.4 is 0 Å². The van der Waals surface area contributed by atoms with E-state index in [-0.39, 0.29) is 6.61 Å². The lowest BCUT2D eigenvalue weighted by Gasteiger charge is -2.30. The van der Waals surface area contributed by atoms with E-state index in [0.29, 0.717) is 17.0 Å². The molecular formula is C25H25NO4. The first-order valence-electron chi connectivity index (χ1n) is 9.82. The number of carbonyl (C=O) groups excluding carboxylic acids is 1. The first-order valence-corrected chi connectivity index (χ1v) is 9.82. The SMILES string of the molecule is CC1=NC(C)=C(C(=O)OCC=Cc2ccccc2)C(c2cccc(C)c2)C1C(=O)O. The van der Waals surface area contributed by atoms with E-state index in [1.54, 1.807) is 19.9 Å². The van der Waals surface area contributed by atoms with Crippen LogP contribution in [0, 0.1) is 12.8 Å². The number of aryl methyl sites for hydroxylation is 1. The molecule has 1 aliphatic heterocycles. The molecule has 0 radical (unpaired) electrons. The lowest BCUT2D eigenvalue weighted by atomic mass is 9.75. The number of aliphatic carboxylic acids is 1.